The van der Waals surface area contributed by atoms with Crippen LogP contribution in [0, 0.1) is 6.92 Å². The number of anilines is 1. The lowest BCUT2D eigenvalue weighted by Crippen LogP contribution is -2.26. The van der Waals surface area contributed by atoms with Gasteiger partial charge in [0, 0.05) is 5.02 Å². The molecular weight excluding hydrogens is 370 g/mol. The van der Waals surface area contributed by atoms with Crippen LogP contribution in [0.25, 0.3) is 5.69 Å². The van der Waals surface area contributed by atoms with Gasteiger partial charge in [-0.2, -0.15) is 9.78 Å². The van der Waals surface area contributed by atoms with Crippen LogP contribution in [0.4, 0.5) is 5.69 Å². The Hall–Kier alpha value is -3.32. The van der Waals surface area contributed by atoms with Crippen molar-refractivity contribution in [1.29, 1.82) is 0 Å². The second-order valence-electron chi connectivity index (χ2n) is 5.71. The first-order chi connectivity index (χ1) is 12.9. The lowest BCUT2D eigenvalue weighted by atomic mass is 10.2. The summed E-state index contributed by atoms with van der Waals surface area (Å²) >= 11 is 5.90. The Balaban J connectivity index is 2.07. The minimum atomic E-state index is -0.660. The maximum absolute atomic E-state index is 12.7. The van der Waals surface area contributed by atoms with Gasteiger partial charge in [-0.25, -0.2) is 0 Å². The molecule has 2 N–H and O–H groups in total. The van der Waals surface area contributed by atoms with Gasteiger partial charge >= 0.3 is 0 Å². The SMILES string of the molecule is COc1cc(=O)n(-c2ccccc2C)nc1C(=O)Nc1cc(Cl)ccc1O. The minimum absolute atomic E-state index is 0.0175. The molecule has 0 aliphatic rings. The molecule has 3 aromatic rings. The fourth-order valence-electron chi connectivity index (χ4n) is 2.52. The van der Waals surface area contributed by atoms with E-state index < -0.39 is 11.5 Å². The van der Waals surface area contributed by atoms with Gasteiger partial charge in [0.2, 0.25) is 0 Å². The summed E-state index contributed by atoms with van der Waals surface area (Å²) in [5, 5.41) is 16.9. The zero-order chi connectivity index (χ0) is 19.6. The Morgan fingerprint density at radius 3 is 2.67 bits per heavy atom. The molecule has 7 nitrogen and oxygen atoms in total. The molecule has 138 valence electrons. The third-order valence-electron chi connectivity index (χ3n) is 3.88. The molecule has 0 bridgehead atoms. The second kappa shape index (κ2) is 7.51. The molecule has 0 unspecified atom stereocenters. The maximum Gasteiger partial charge on any atom is 0.280 e. The molecule has 3 rings (SSSR count). The summed E-state index contributed by atoms with van der Waals surface area (Å²) in [6, 6.07) is 12.6. The van der Waals surface area contributed by atoms with Crippen molar-refractivity contribution < 1.29 is 14.6 Å². The number of methoxy groups -OCH3 is 1. The first kappa shape index (κ1) is 18.5. The van der Waals surface area contributed by atoms with Gasteiger partial charge < -0.3 is 15.2 Å². The van der Waals surface area contributed by atoms with E-state index in [2.05, 4.69) is 10.4 Å². The van der Waals surface area contributed by atoms with E-state index in [1.807, 2.05) is 19.1 Å². The van der Waals surface area contributed by atoms with Crippen molar-refractivity contribution in [2.45, 2.75) is 6.92 Å². The summed E-state index contributed by atoms with van der Waals surface area (Å²) in [5.41, 5.74) is 0.925. The van der Waals surface area contributed by atoms with Crippen LogP contribution in [0.5, 0.6) is 11.5 Å². The smallest absolute Gasteiger partial charge is 0.280 e. The van der Waals surface area contributed by atoms with Crippen molar-refractivity contribution in [1.82, 2.24) is 9.78 Å². The monoisotopic (exact) mass is 385 g/mol. The topological polar surface area (TPSA) is 93.5 Å². The first-order valence-corrected chi connectivity index (χ1v) is 8.32. The number of hydrogen-bond donors (Lipinski definition) is 2. The van der Waals surface area contributed by atoms with Crippen LogP contribution in [0.15, 0.2) is 53.3 Å². The Labute approximate surface area is 159 Å². The number of ether oxygens (including phenoxy) is 1. The zero-order valence-electron chi connectivity index (χ0n) is 14.6. The number of rotatable bonds is 4. The predicted octanol–water partition coefficient (Wildman–Crippen LogP) is 3.16. The van der Waals surface area contributed by atoms with Crippen molar-refractivity contribution in [2.24, 2.45) is 0 Å². The summed E-state index contributed by atoms with van der Waals surface area (Å²) in [5.74, 6) is -0.797. The number of hydrogen-bond acceptors (Lipinski definition) is 5. The molecule has 0 fully saturated rings. The van der Waals surface area contributed by atoms with E-state index in [0.717, 1.165) is 10.2 Å². The lowest BCUT2D eigenvalue weighted by molar-refractivity contribution is 0.101. The van der Waals surface area contributed by atoms with Crippen LogP contribution in [0.2, 0.25) is 5.02 Å². The van der Waals surface area contributed by atoms with E-state index in [1.165, 1.54) is 31.4 Å². The third kappa shape index (κ3) is 3.78. The summed E-state index contributed by atoms with van der Waals surface area (Å²) < 4.78 is 6.26. The molecular formula is C19H16ClN3O4. The van der Waals surface area contributed by atoms with E-state index in [4.69, 9.17) is 16.3 Å². The van der Waals surface area contributed by atoms with E-state index in [1.54, 1.807) is 12.1 Å². The number of nitrogens with zero attached hydrogens (tertiary/aromatic N) is 2. The lowest BCUT2D eigenvalue weighted by Gasteiger charge is -2.13. The molecule has 0 saturated carbocycles. The molecule has 0 spiro atoms. The van der Waals surface area contributed by atoms with Gasteiger partial charge in [0.15, 0.2) is 11.4 Å². The fraction of sp³-hybridized carbons (Fsp3) is 0.105. The molecule has 0 aliphatic carbocycles. The van der Waals surface area contributed by atoms with Crippen molar-refractivity contribution in [3.8, 4) is 17.2 Å². The Morgan fingerprint density at radius 2 is 1.96 bits per heavy atom. The van der Waals surface area contributed by atoms with Crippen LogP contribution in [-0.2, 0) is 0 Å². The van der Waals surface area contributed by atoms with Crippen LogP contribution in [-0.4, -0.2) is 27.9 Å². The maximum atomic E-state index is 12.7. The number of phenols is 1. The van der Waals surface area contributed by atoms with E-state index >= 15 is 0 Å². The third-order valence-corrected chi connectivity index (χ3v) is 4.12. The highest BCUT2D eigenvalue weighted by molar-refractivity contribution is 6.31. The van der Waals surface area contributed by atoms with Gasteiger partial charge in [-0.15, -0.1) is 0 Å². The van der Waals surface area contributed by atoms with Gasteiger partial charge in [-0.05, 0) is 36.8 Å². The Kier molecular flexibility index (Phi) is 5.14. The van der Waals surface area contributed by atoms with Crippen LogP contribution < -0.4 is 15.6 Å². The molecule has 8 heteroatoms. The Morgan fingerprint density at radius 1 is 1.22 bits per heavy atom. The highest BCUT2D eigenvalue weighted by Gasteiger charge is 2.20. The summed E-state index contributed by atoms with van der Waals surface area (Å²) in [7, 11) is 1.34. The van der Waals surface area contributed by atoms with Crippen LogP contribution >= 0.6 is 11.6 Å². The second-order valence-corrected chi connectivity index (χ2v) is 6.15. The number of halogens is 1. The van der Waals surface area contributed by atoms with Gasteiger partial charge in [-0.1, -0.05) is 29.8 Å². The number of phenolic OH excluding ortho intramolecular Hbond substituents is 1. The molecule has 0 atom stereocenters. The van der Waals surface area contributed by atoms with Gasteiger partial charge in [0.25, 0.3) is 11.5 Å². The first-order valence-electron chi connectivity index (χ1n) is 7.95. The van der Waals surface area contributed by atoms with E-state index in [9.17, 15) is 14.7 Å². The standard InChI is InChI=1S/C19H16ClN3O4/c1-11-5-3-4-6-14(11)23-17(25)10-16(27-2)18(22-23)19(26)21-13-9-12(20)7-8-15(13)24/h3-10,24H,1-2H3,(H,21,26). The molecule has 0 aliphatic heterocycles. The van der Waals surface area contributed by atoms with Gasteiger partial charge in [0.05, 0.1) is 24.6 Å². The largest absolute Gasteiger partial charge is 0.506 e. The van der Waals surface area contributed by atoms with E-state index in [-0.39, 0.29) is 22.9 Å². The van der Waals surface area contributed by atoms with Crippen molar-refractivity contribution in [2.75, 3.05) is 12.4 Å². The van der Waals surface area contributed by atoms with Crippen LogP contribution in [0.1, 0.15) is 16.1 Å². The minimum Gasteiger partial charge on any atom is -0.506 e. The normalized spacial score (nSPS) is 10.5. The quantitative estimate of drug-likeness (QED) is 0.673. The zero-order valence-corrected chi connectivity index (χ0v) is 15.3. The molecule has 2 aromatic carbocycles. The molecule has 1 heterocycles. The molecule has 1 aromatic heterocycles. The molecule has 0 radical (unpaired) electrons. The van der Waals surface area contributed by atoms with E-state index in [0.29, 0.717) is 10.7 Å². The highest BCUT2D eigenvalue weighted by atomic mass is 35.5. The summed E-state index contributed by atoms with van der Waals surface area (Å²) in [6.07, 6.45) is 0. The summed E-state index contributed by atoms with van der Waals surface area (Å²) in [6.45, 7) is 1.83. The summed E-state index contributed by atoms with van der Waals surface area (Å²) in [4.78, 5) is 25.1. The molecule has 27 heavy (non-hydrogen) atoms. The number of aryl methyl sites for hydroxylation is 1. The van der Waals surface area contributed by atoms with Crippen molar-refractivity contribution >= 4 is 23.2 Å². The molecule has 1 amide bonds. The van der Waals surface area contributed by atoms with Gasteiger partial charge in [-0.3, -0.25) is 9.59 Å². The number of aromatic nitrogens is 2. The van der Waals surface area contributed by atoms with Crippen LogP contribution in [0.3, 0.4) is 0 Å². The number of nitrogens with one attached hydrogen (secondary N) is 1. The van der Waals surface area contributed by atoms with Gasteiger partial charge in [0.1, 0.15) is 5.75 Å². The average Bonchev–Trinajstić information content (AvgIpc) is 2.65. The highest BCUT2D eigenvalue weighted by Crippen LogP contribution is 2.27. The fourth-order valence-corrected chi connectivity index (χ4v) is 2.69. The predicted molar refractivity (Wildman–Crippen MR) is 102 cm³/mol. The average molecular weight is 386 g/mol. The number of carbonyl (C=O) groups excluding carboxylic acids is 1. The number of carbonyl (C=O) groups is 1. The van der Waals surface area contributed by atoms with Crippen molar-refractivity contribution in [3.63, 3.8) is 0 Å². The Bertz CT molecular complexity index is 1080. The number of para-hydroxylation sites is 1. The number of benzene rings is 2. The number of amides is 1. The van der Waals surface area contributed by atoms with Crippen molar-refractivity contribution in [3.05, 3.63) is 75.2 Å². The molecule has 0 saturated heterocycles. The number of aromatic hydroxyl groups is 1.